The molecule has 1 aliphatic heterocycles. The summed E-state index contributed by atoms with van der Waals surface area (Å²) in [5.41, 5.74) is 0.510. The van der Waals surface area contributed by atoms with Crippen LogP contribution in [0.25, 0.3) is 11.1 Å². The molecule has 0 unspecified atom stereocenters. The molecular weight excluding hydrogens is 442 g/mol. The second-order valence-electron chi connectivity index (χ2n) is 8.98. The number of hydrogen-bond acceptors (Lipinski definition) is 5. The lowest BCUT2D eigenvalue weighted by atomic mass is 9.84. The Morgan fingerprint density at radius 1 is 1.03 bits per heavy atom. The molecule has 34 heavy (non-hydrogen) atoms. The Balaban J connectivity index is 1.41. The number of pyridine rings is 1. The number of nitrogens with zero attached hydrogens (tertiary/aromatic N) is 1. The third-order valence-corrected chi connectivity index (χ3v) is 6.66. The normalized spacial score (nSPS) is 21.0. The van der Waals surface area contributed by atoms with Crippen molar-refractivity contribution >= 4 is 17.6 Å². The highest BCUT2D eigenvalue weighted by atomic mass is 19.1. The number of aromatic nitrogens is 1. The Hall–Kier alpha value is -3.07. The molecule has 1 saturated carbocycles. The molecule has 0 radical (unpaired) electrons. The SMILES string of the molecule is COc1cc(F)ccc1-c1cc(NC(=O)[C@H]2CCC[C@@H](NC(=O)C3CCNCC3)C2)ncc1F. The Labute approximate surface area is 197 Å². The number of methoxy groups -OCH3 is 1. The lowest BCUT2D eigenvalue weighted by Gasteiger charge is -2.31. The Morgan fingerprint density at radius 3 is 2.59 bits per heavy atom. The average molecular weight is 473 g/mol. The van der Waals surface area contributed by atoms with Crippen LogP contribution in [0, 0.1) is 23.5 Å². The largest absolute Gasteiger partial charge is 0.496 e. The predicted octanol–water partition coefficient (Wildman–Crippen LogP) is 3.65. The molecule has 2 fully saturated rings. The van der Waals surface area contributed by atoms with E-state index >= 15 is 0 Å². The van der Waals surface area contributed by atoms with Crippen LogP contribution in [0.1, 0.15) is 38.5 Å². The van der Waals surface area contributed by atoms with Crippen molar-refractivity contribution in [2.75, 3.05) is 25.5 Å². The molecule has 2 heterocycles. The van der Waals surface area contributed by atoms with E-state index < -0.39 is 11.6 Å². The van der Waals surface area contributed by atoms with Crippen LogP contribution in [0.3, 0.4) is 0 Å². The van der Waals surface area contributed by atoms with Crippen LogP contribution in [0.2, 0.25) is 0 Å². The van der Waals surface area contributed by atoms with E-state index in [9.17, 15) is 18.4 Å². The molecule has 2 amide bonds. The Bertz CT molecular complexity index is 1040. The maximum absolute atomic E-state index is 14.5. The molecule has 2 aromatic rings. The maximum atomic E-state index is 14.5. The fourth-order valence-electron chi connectivity index (χ4n) is 4.79. The summed E-state index contributed by atoms with van der Waals surface area (Å²) in [6.45, 7) is 1.70. The van der Waals surface area contributed by atoms with Gasteiger partial charge in [0.25, 0.3) is 0 Å². The van der Waals surface area contributed by atoms with Gasteiger partial charge in [0, 0.05) is 35.1 Å². The summed E-state index contributed by atoms with van der Waals surface area (Å²) in [4.78, 5) is 29.6. The minimum absolute atomic E-state index is 0.0285. The molecule has 7 nitrogen and oxygen atoms in total. The number of carbonyl (C=O) groups is 2. The number of nitrogens with one attached hydrogen (secondary N) is 3. The fraction of sp³-hybridized carbons (Fsp3) is 0.480. The van der Waals surface area contributed by atoms with E-state index in [1.165, 1.54) is 31.4 Å². The molecule has 1 aliphatic carbocycles. The van der Waals surface area contributed by atoms with E-state index in [4.69, 9.17) is 4.74 Å². The van der Waals surface area contributed by atoms with Crippen molar-refractivity contribution in [3.05, 3.63) is 42.1 Å². The molecule has 0 bridgehead atoms. The van der Waals surface area contributed by atoms with Gasteiger partial charge < -0.3 is 20.7 Å². The van der Waals surface area contributed by atoms with Gasteiger partial charge in [0.2, 0.25) is 11.8 Å². The van der Waals surface area contributed by atoms with Crippen molar-refractivity contribution in [2.45, 2.75) is 44.6 Å². The second-order valence-corrected chi connectivity index (χ2v) is 8.98. The standard InChI is InChI=1S/C25H30F2N4O3/c1-34-22-12-17(26)5-6-19(22)20-13-23(29-14-21(20)27)31-25(33)16-3-2-4-18(11-16)30-24(32)15-7-9-28-10-8-15/h5-6,12-16,18,28H,2-4,7-11H2,1H3,(H,30,32)(H,29,31,33)/t16-,18+/m0/s1. The zero-order valence-electron chi connectivity index (χ0n) is 19.2. The van der Waals surface area contributed by atoms with E-state index in [1.54, 1.807) is 0 Å². The number of hydrogen-bond donors (Lipinski definition) is 3. The molecule has 1 aromatic heterocycles. The first-order valence-corrected chi connectivity index (χ1v) is 11.8. The van der Waals surface area contributed by atoms with Gasteiger partial charge in [-0.15, -0.1) is 0 Å². The highest BCUT2D eigenvalue weighted by Crippen LogP contribution is 2.34. The van der Waals surface area contributed by atoms with Crippen LogP contribution in [-0.2, 0) is 9.59 Å². The van der Waals surface area contributed by atoms with E-state index in [-0.39, 0.29) is 46.8 Å². The van der Waals surface area contributed by atoms with Gasteiger partial charge in [-0.25, -0.2) is 13.8 Å². The molecule has 1 aromatic carbocycles. The van der Waals surface area contributed by atoms with E-state index in [0.717, 1.165) is 45.0 Å². The van der Waals surface area contributed by atoms with E-state index in [1.807, 2.05) is 0 Å². The summed E-state index contributed by atoms with van der Waals surface area (Å²) in [6, 6.07) is 5.20. The summed E-state index contributed by atoms with van der Waals surface area (Å²) in [7, 11) is 1.38. The summed E-state index contributed by atoms with van der Waals surface area (Å²) in [5, 5.41) is 9.18. The number of ether oxygens (including phenoxy) is 1. The first kappa shape index (κ1) is 24.1. The average Bonchev–Trinajstić information content (AvgIpc) is 2.86. The van der Waals surface area contributed by atoms with Gasteiger partial charge >= 0.3 is 0 Å². The first-order valence-electron chi connectivity index (χ1n) is 11.8. The quantitative estimate of drug-likeness (QED) is 0.597. The zero-order valence-corrected chi connectivity index (χ0v) is 19.2. The van der Waals surface area contributed by atoms with Crippen LogP contribution >= 0.6 is 0 Å². The number of rotatable bonds is 6. The molecule has 3 N–H and O–H groups in total. The van der Waals surface area contributed by atoms with E-state index in [2.05, 4.69) is 20.9 Å². The third-order valence-electron chi connectivity index (χ3n) is 6.66. The molecule has 9 heteroatoms. The molecule has 0 spiro atoms. The first-order chi connectivity index (χ1) is 16.4. The van der Waals surface area contributed by atoms with Gasteiger partial charge in [-0.05, 0) is 63.4 Å². The van der Waals surface area contributed by atoms with Crippen LogP contribution in [0.5, 0.6) is 5.75 Å². The minimum Gasteiger partial charge on any atom is -0.496 e. The molecular formula is C25H30F2N4O3. The molecule has 1 saturated heterocycles. The Morgan fingerprint density at radius 2 is 1.82 bits per heavy atom. The van der Waals surface area contributed by atoms with Crippen molar-refractivity contribution in [3.63, 3.8) is 0 Å². The molecule has 2 atom stereocenters. The second kappa shape index (κ2) is 10.9. The highest BCUT2D eigenvalue weighted by molar-refractivity contribution is 5.92. The molecule has 2 aliphatic rings. The fourth-order valence-corrected chi connectivity index (χ4v) is 4.79. The third kappa shape index (κ3) is 5.70. The topological polar surface area (TPSA) is 92.4 Å². The lowest BCUT2D eigenvalue weighted by Crippen LogP contribution is -2.45. The van der Waals surface area contributed by atoms with Crippen molar-refractivity contribution < 1.29 is 23.1 Å². The smallest absolute Gasteiger partial charge is 0.228 e. The number of amides is 2. The number of benzene rings is 1. The number of anilines is 1. The molecule has 182 valence electrons. The minimum atomic E-state index is -0.610. The predicted molar refractivity (Wildman–Crippen MR) is 124 cm³/mol. The van der Waals surface area contributed by atoms with Gasteiger partial charge in [-0.2, -0.15) is 0 Å². The van der Waals surface area contributed by atoms with Gasteiger partial charge in [-0.3, -0.25) is 9.59 Å². The van der Waals surface area contributed by atoms with Gasteiger partial charge in [0.15, 0.2) is 0 Å². The van der Waals surface area contributed by atoms with Crippen LogP contribution in [-0.4, -0.2) is 43.0 Å². The van der Waals surface area contributed by atoms with Crippen molar-refractivity contribution in [3.8, 4) is 16.9 Å². The van der Waals surface area contributed by atoms with Crippen molar-refractivity contribution in [2.24, 2.45) is 11.8 Å². The number of piperidine rings is 1. The van der Waals surface area contributed by atoms with Gasteiger partial charge in [0.05, 0.1) is 13.3 Å². The van der Waals surface area contributed by atoms with Crippen molar-refractivity contribution in [1.29, 1.82) is 0 Å². The van der Waals surface area contributed by atoms with Crippen LogP contribution in [0.15, 0.2) is 30.5 Å². The van der Waals surface area contributed by atoms with Crippen LogP contribution in [0.4, 0.5) is 14.6 Å². The monoisotopic (exact) mass is 472 g/mol. The van der Waals surface area contributed by atoms with Gasteiger partial charge in [-0.1, -0.05) is 6.42 Å². The molecule has 4 rings (SSSR count). The maximum Gasteiger partial charge on any atom is 0.228 e. The summed E-state index contributed by atoms with van der Waals surface area (Å²) in [5.74, 6) is -1.11. The lowest BCUT2D eigenvalue weighted by molar-refractivity contribution is -0.128. The van der Waals surface area contributed by atoms with Crippen LogP contribution < -0.4 is 20.7 Å². The number of carbonyl (C=O) groups excluding carboxylic acids is 2. The summed E-state index contributed by atoms with van der Waals surface area (Å²) in [6.07, 6.45) is 5.65. The van der Waals surface area contributed by atoms with Crippen molar-refractivity contribution in [1.82, 2.24) is 15.6 Å². The van der Waals surface area contributed by atoms with E-state index in [0.29, 0.717) is 18.4 Å². The summed E-state index contributed by atoms with van der Waals surface area (Å²) >= 11 is 0. The van der Waals surface area contributed by atoms with Gasteiger partial charge in [0.1, 0.15) is 23.2 Å². The summed E-state index contributed by atoms with van der Waals surface area (Å²) < 4.78 is 33.3. The number of halogens is 2. The zero-order chi connectivity index (χ0) is 24.1. The highest BCUT2D eigenvalue weighted by Gasteiger charge is 2.30. The Kier molecular flexibility index (Phi) is 7.72.